The predicted octanol–water partition coefficient (Wildman–Crippen LogP) is 7.69. The lowest BCUT2D eigenvalue weighted by Crippen LogP contribution is -2.35. The zero-order chi connectivity index (χ0) is 26.2. The SMILES string of the molecule is CCCCCCCCOc1cc(O)c(C2=N[C@@](C)(C(=O)OCC)CS2)cc1OCCCCCCCC. The third-order valence-electron chi connectivity index (χ3n) is 6.36. The predicted molar refractivity (Wildman–Crippen MR) is 150 cm³/mol. The number of phenolic OH excluding ortho intramolecular Hbond substituents is 1. The maximum atomic E-state index is 12.4. The lowest BCUT2D eigenvalue weighted by Gasteiger charge is -2.17. The number of esters is 1. The lowest BCUT2D eigenvalue weighted by molar-refractivity contribution is -0.147. The van der Waals surface area contributed by atoms with Gasteiger partial charge in [-0.2, -0.15) is 0 Å². The van der Waals surface area contributed by atoms with E-state index >= 15 is 0 Å². The van der Waals surface area contributed by atoms with Gasteiger partial charge in [-0.05, 0) is 32.8 Å². The van der Waals surface area contributed by atoms with E-state index in [-0.39, 0.29) is 11.7 Å². The first-order valence-corrected chi connectivity index (χ1v) is 15.0. The highest BCUT2D eigenvalue weighted by Crippen LogP contribution is 2.40. The third-order valence-corrected chi connectivity index (χ3v) is 7.65. The zero-order valence-corrected chi connectivity index (χ0v) is 23.7. The summed E-state index contributed by atoms with van der Waals surface area (Å²) in [6.07, 6.45) is 14.2. The molecule has 0 amide bonds. The molecule has 0 radical (unpaired) electrons. The van der Waals surface area contributed by atoms with E-state index in [1.807, 2.05) is 6.07 Å². The van der Waals surface area contributed by atoms with Crippen LogP contribution < -0.4 is 9.47 Å². The number of phenols is 1. The van der Waals surface area contributed by atoms with Gasteiger partial charge in [-0.3, -0.25) is 4.99 Å². The molecule has 0 aromatic heterocycles. The van der Waals surface area contributed by atoms with Gasteiger partial charge in [0.2, 0.25) is 0 Å². The minimum absolute atomic E-state index is 0.0826. The average Bonchev–Trinajstić information content (AvgIpc) is 3.27. The topological polar surface area (TPSA) is 77.4 Å². The smallest absolute Gasteiger partial charge is 0.334 e. The van der Waals surface area contributed by atoms with Crippen LogP contribution in [-0.4, -0.2) is 47.2 Å². The van der Waals surface area contributed by atoms with Gasteiger partial charge < -0.3 is 19.3 Å². The van der Waals surface area contributed by atoms with Crippen molar-refractivity contribution in [3.05, 3.63) is 17.7 Å². The highest BCUT2D eigenvalue weighted by molar-refractivity contribution is 8.14. The molecule has 0 spiro atoms. The van der Waals surface area contributed by atoms with Gasteiger partial charge in [0.05, 0.1) is 25.4 Å². The molecule has 0 saturated heterocycles. The van der Waals surface area contributed by atoms with E-state index in [1.54, 1.807) is 19.9 Å². The van der Waals surface area contributed by atoms with Crippen LogP contribution in [0.15, 0.2) is 17.1 Å². The molecule has 204 valence electrons. The molecule has 1 aromatic rings. The summed E-state index contributed by atoms with van der Waals surface area (Å²) in [6, 6.07) is 3.44. The van der Waals surface area contributed by atoms with Gasteiger partial charge in [0.25, 0.3) is 0 Å². The summed E-state index contributed by atoms with van der Waals surface area (Å²) >= 11 is 1.45. The van der Waals surface area contributed by atoms with Crippen LogP contribution in [0.25, 0.3) is 0 Å². The van der Waals surface area contributed by atoms with E-state index < -0.39 is 5.54 Å². The van der Waals surface area contributed by atoms with Gasteiger partial charge in [-0.25, -0.2) is 4.79 Å². The normalized spacial score (nSPS) is 17.2. The molecule has 0 bridgehead atoms. The second kappa shape index (κ2) is 16.8. The molecule has 1 aliphatic heterocycles. The largest absolute Gasteiger partial charge is 0.507 e. The Bertz CT molecular complexity index is 828. The molecule has 1 atom stereocenters. The molecule has 1 N–H and O–H groups in total. The summed E-state index contributed by atoms with van der Waals surface area (Å²) in [5, 5.41) is 11.5. The van der Waals surface area contributed by atoms with Crippen LogP contribution in [0, 0.1) is 0 Å². The van der Waals surface area contributed by atoms with Crippen molar-refractivity contribution in [2.45, 2.75) is 110 Å². The fraction of sp³-hybridized carbons (Fsp3) is 0.724. The number of hydrogen-bond donors (Lipinski definition) is 1. The quantitative estimate of drug-likeness (QED) is 0.149. The van der Waals surface area contributed by atoms with Crippen molar-refractivity contribution in [3.8, 4) is 17.2 Å². The number of thioether (sulfide) groups is 1. The standard InChI is InChI=1S/C29H47NO5S/c1-5-8-10-12-14-16-18-34-25-20-23(27-30-29(4,22-36-27)28(32)33-7-3)24(31)21-26(25)35-19-17-15-13-11-9-6-2/h20-21,31H,5-19,22H2,1-4H3/t29-/m1/s1. The Balaban J connectivity index is 2.09. The van der Waals surface area contributed by atoms with Crippen molar-refractivity contribution >= 4 is 22.8 Å². The van der Waals surface area contributed by atoms with Crippen molar-refractivity contribution in [2.75, 3.05) is 25.6 Å². The van der Waals surface area contributed by atoms with E-state index in [4.69, 9.17) is 14.2 Å². The Morgan fingerprint density at radius 1 is 0.889 bits per heavy atom. The molecule has 2 rings (SSSR count). The van der Waals surface area contributed by atoms with Crippen LogP contribution in [0.1, 0.15) is 110 Å². The molecular weight excluding hydrogens is 474 g/mol. The maximum Gasteiger partial charge on any atom is 0.334 e. The molecule has 0 aliphatic carbocycles. The van der Waals surface area contributed by atoms with Crippen LogP contribution >= 0.6 is 11.8 Å². The lowest BCUT2D eigenvalue weighted by atomic mass is 10.1. The molecule has 36 heavy (non-hydrogen) atoms. The number of carbonyl (C=O) groups excluding carboxylic acids is 1. The van der Waals surface area contributed by atoms with Crippen molar-refractivity contribution in [1.82, 2.24) is 0 Å². The van der Waals surface area contributed by atoms with Gasteiger partial charge in [0.1, 0.15) is 10.8 Å². The van der Waals surface area contributed by atoms with Gasteiger partial charge in [0.15, 0.2) is 17.0 Å². The highest BCUT2D eigenvalue weighted by Gasteiger charge is 2.40. The molecule has 1 heterocycles. The number of unbranched alkanes of at least 4 members (excludes halogenated alkanes) is 10. The minimum atomic E-state index is -0.949. The molecule has 7 heteroatoms. The Labute approximate surface area is 222 Å². The van der Waals surface area contributed by atoms with E-state index in [1.165, 1.54) is 63.1 Å². The minimum Gasteiger partial charge on any atom is -0.507 e. The van der Waals surface area contributed by atoms with Gasteiger partial charge in [-0.15, -0.1) is 11.8 Å². The number of ether oxygens (including phenoxy) is 3. The Morgan fingerprint density at radius 2 is 1.42 bits per heavy atom. The number of benzene rings is 1. The van der Waals surface area contributed by atoms with Crippen LogP contribution in [0.3, 0.4) is 0 Å². The summed E-state index contributed by atoms with van der Waals surface area (Å²) in [4.78, 5) is 17.0. The monoisotopic (exact) mass is 521 g/mol. The van der Waals surface area contributed by atoms with Gasteiger partial charge in [-0.1, -0.05) is 78.1 Å². The Kier molecular flexibility index (Phi) is 14.1. The van der Waals surface area contributed by atoms with E-state index in [0.717, 1.165) is 25.7 Å². The molecule has 0 saturated carbocycles. The second-order valence-corrected chi connectivity index (χ2v) is 10.7. The van der Waals surface area contributed by atoms with Crippen molar-refractivity contribution < 1.29 is 24.1 Å². The molecular formula is C29H47NO5S. The van der Waals surface area contributed by atoms with Crippen LogP contribution in [0.2, 0.25) is 0 Å². The molecule has 6 nitrogen and oxygen atoms in total. The number of aliphatic imine (C=N–C) groups is 1. The summed E-state index contributed by atoms with van der Waals surface area (Å²) in [5.41, 5.74) is -0.382. The first kappa shape index (κ1) is 30.3. The number of hydrogen-bond acceptors (Lipinski definition) is 7. The average molecular weight is 522 g/mol. The van der Waals surface area contributed by atoms with Crippen molar-refractivity contribution in [2.24, 2.45) is 4.99 Å². The fourth-order valence-electron chi connectivity index (χ4n) is 4.10. The molecule has 1 aliphatic rings. The van der Waals surface area contributed by atoms with Crippen LogP contribution in [0.5, 0.6) is 17.2 Å². The highest BCUT2D eigenvalue weighted by atomic mass is 32.2. The summed E-state index contributed by atoms with van der Waals surface area (Å²) in [5.74, 6) is 1.40. The Morgan fingerprint density at radius 3 is 1.97 bits per heavy atom. The Hall–Kier alpha value is -1.89. The van der Waals surface area contributed by atoms with E-state index in [0.29, 0.717) is 47.7 Å². The number of nitrogens with zero attached hydrogens (tertiary/aromatic N) is 1. The fourth-order valence-corrected chi connectivity index (χ4v) is 5.29. The summed E-state index contributed by atoms with van der Waals surface area (Å²) in [6.45, 7) is 9.52. The number of carbonyl (C=O) groups is 1. The van der Waals surface area contributed by atoms with Gasteiger partial charge >= 0.3 is 5.97 Å². The van der Waals surface area contributed by atoms with E-state index in [9.17, 15) is 9.90 Å². The maximum absolute atomic E-state index is 12.4. The first-order valence-electron chi connectivity index (χ1n) is 14.0. The van der Waals surface area contributed by atoms with Crippen LogP contribution in [0.4, 0.5) is 0 Å². The van der Waals surface area contributed by atoms with Crippen molar-refractivity contribution in [1.29, 1.82) is 0 Å². The number of aromatic hydroxyl groups is 1. The van der Waals surface area contributed by atoms with Crippen LogP contribution in [-0.2, 0) is 9.53 Å². The first-order chi connectivity index (χ1) is 17.4. The zero-order valence-electron chi connectivity index (χ0n) is 22.9. The van der Waals surface area contributed by atoms with Crippen molar-refractivity contribution in [3.63, 3.8) is 0 Å². The van der Waals surface area contributed by atoms with Gasteiger partial charge in [0, 0.05) is 11.8 Å². The summed E-state index contributed by atoms with van der Waals surface area (Å²) < 4.78 is 17.4. The number of rotatable bonds is 19. The molecule has 0 unspecified atom stereocenters. The third kappa shape index (κ3) is 9.87. The van der Waals surface area contributed by atoms with E-state index in [2.05, 4.69) is 18.8 Å². The molecule has 1 aromatic carbocycles. The molecule has 0 fully saturated rings. The second-order valence-electron chi connectivity index (χ2n) is 9.75. The summed E-state index contributed by atoms with van der Waals surface area (Å²) in [7, 11) is 0.